The second kappa shape index (κ2) is 7.94. The maximum atomic E-state index is 9.87. The molecule has 0 aliphatic rings. The van der Waals surface area contributed by atoms with Crippen LogP contribution in [0.4, 0.5) is 5.69 Å². The number of carboxylic acids is 1. The number of ketones is 1. The summed E-state index contributed by atoms with van der Waals surface area (Å²) in [7, 11) is 3.18. The van der Waals surface area contributed by atoms with Crippen LogP contribution in [0, 0.1) is 0 Å². The molecule has 0 unspecified atom stereocenters. The van der Waals surface area contributed by atoms with Gasteiger partial charge in [-0.3, -0.25) is 9.59 Å². The summed E-state index contributed by atoms with van der Waals surface area (Å²) < 4.78 is 9.92. The van der Waals surface area contributed by atoms with Gasteiger partial charge in [0.05, 0.1) is 19.9 Å². The van der Waals surface area contributed by atoms with Crippen molar-refractivity contribution in [2.24, 2.45) is 0 Å². The van der Waals surface area contributed by atoms with Crippen molar-refractivity contribution >= 4 is 17.4 Å². The van der Waals surface area contributed by atoms with E-state index in [1.807, 2.05) is 0 Å². The number of carbonyl (C=O) groups is 2. The number of hydrogen-bond acceptors (Lipinski definition) is 5. The Morgan fingerprint density at radius 2 is 1.89 bits per heavy atom. The molecule has 0 fully saturated rings. The van der Waals surface area contributed by atoms with Gasteiger partial charge in [0, 0.05) is 6.07 Å². The molecular weight excluding hydrogens is 238 g/mol. The third-order valence-electron chi connectivity index (χ3n) is 1.84. The number of Topliss-reactive ketones (excluding diaryl/α,β-unsaturated/α-hetero) is 1. The summed E-state index contributed by atoms with van der Waals surface area (Å²) in [5, 5.41) is 7.86. The third-order valence-corrected chi connectivity index (χ3v) is 1.84. The number of hydrogen-bond donors (Lipinski definition) is 2. The molecule has 0 amide bonds. The first kappa shape index (κ1) is 15.8. The second-order valence-corrected chi connectivity index (χ2v) is 3.38. The number of methoxy groups -OCH3 is 2. The van der Waals surface area contributed by atoms with Crippen LogP contribution in [0.5, 0.6) is 11.5 Å². The molecule has 100 valence electrons. The smallest absolute Gasteiger partial charge is 0.310 e. The maximum absolute atomic E-state index is 9.87. The molecule has 0 saturated heterocycles. The van der Waals surface area contributed by atoms with E-state index in [9.17, 15) is 9.59 Å². The molecule has 6 heteroatoms. The van der Waals surface area contributed by atoms with Crippen molar-refractivity contribution in [2.45, 2.75) is 13.3 Å². The van der Waals surface area contributed by atoms with Crippen LogP contribution in [-0.2, 0) is 9.59 Å². The molecule has 1 rings (SSSR count). The van der Waals surface area contributed by atoms with E-state index < -0.39 is 5.97 Å². The fourth-order valence-corrected chi connectivity index (χ4v) is 1.05. The van der Waals surface area contributed by atoms with Gasteiger partial charge in [0.25, 0.3) is 0 Å². The molecule has 1 aromatic rings. The van der Waals surface area contributed by atoms with E-state index in [-0.39, 0.29) is 12.2 Å². The maximum Gasteiger partial charge on any atom is 0.310 e. The van der Waals surface area contributed by atoms with E-state index in [1.54, 1.807) is 32.4 Å². The van der Waals surface area contributed by atoms with E-state index in [1.165, 1.54) is 6.92 Å². The zero-order valence-electron chi connectivity index (χ0n) is 10.6. The minimum absolute atomic E-state index is 0.312. The van der Waals surface area contributed by atoms with Crippen molar-refractivity contribution in [3.8, 4) is 11.5 Å². The van der Waals surface area contributed by atoms with Gasteiger partial charge in [-0.1, -0.05) is 0 Å². The predicted octanol–water partition coefficient (Wildman–Crippen LogP) is 1.34. The molecule has 0 saturated carbocycles. The molecule has 1 aromatic carbocycles. The topological polar surface area (TPSA) is 98.9 Å². The summed E-state index contributed by atoms with van der Waals surface area (Å²) in [5.74, 6) is 0.0362. The third kappa shape index (κ3) is 6.37. The van der Waals surface area contributed by atoms with Gasteiger partial charge in [0.1, 0.15) is 23.7 Å². The Balaban J connectivity index is 0.000000360. The van der Waals surface area contributed by atoms with Crippen LogP contribution in [0.1, 0.15) is 13.3 Å². The lowest BCUT2D eigenvalue weighted by molar-refractivity contribution is -0.139. The van der Waals surface area contributed by atoms with Crippen LogP contribution in [-0.4, -0.2) is 31.1 Å². The number of nitrogen functional groups attached to an aromatic ring is 1. The summed E-state index contributed by atoms with van der Waals surface area (Å²) in [4.78, 5) is 19.5. The number of carboxylic acid groups (broad SMARTS) is 1. The molecule has 0 heterocycles. The Morgan fingerprint density at radius 1 is 1.28 bits per heavy atom. The van der Waals surface area contributed by atoms with E-state index in [0.717, 1.165) is 5.75 Å². The van der Waals surface area contributed by atoms with Crippen molar-refractivity contribution in [1.82, 2.24) is 0 Å². The highest BCUT2D eigenvalue weighted by atomic mass is 16.5. The van der Waals surface area contributed by atoms with Gasteiger partial charge in [-0.25, -0.2) is 0 Å². The molecule has 0 spiro atoms. The number of aliphatic carboxylic acids is 1. The molecule has 0 atom stereocenters. The highest BCUT2D eigenvalue weighted by Gasteiger charge is 1.99. The standard InChI is InChI=1S/C8H11NO2.C4H6O3/c1-10-6-3-4-8(11-2)7(9)5-6;1-3(5)2-4(6)7/h3-5H,9H2,1-2H3;2H2,1H3,(H,6,7). The van der Waals surface area contributed by atoms with Crippen molar-refractivity contribution in [2.75, 3.05) is 20.0 Å². The summed E-state index contributed by atoms with van der Waals surface area (Å²) in [6.45, 7) is 1.24. The first-order chi connectivity index (χ1) is 8.40. The number of nitrogens with two attached hydrogens (primary N) is 1. The Labute approximate surface area is 105 Å². The van der Waals surface area contributed by atoms with Crippen LogP contribution in [0.2, 0.25) is 0 Å². The minimum atomic E-state index is -1.06. The van der Waals surface area contributed by atoms with Gasteiger partial charge in [0.2, 0.25) is 0 Å². The van der Waals surface area contributed by atoms with Gasteiger partial charge >= 0.3 is 5.97 Å². The van der Waals surface area contributed by atoms with Gasteiger partial charge in [0.15, 0.2) is 0 Å². The molecule has 6 nitrogen and oxygen atoms in total. The molecule has 3 N–H and O–H groups in total. The van der Waals surface area contributed by atoms with Crippen LogP contribution >= 0.6 is 0 Å². The molecule has 0 bridgehead atoms. The molecule has 0 aliphatic carbocycles. The van der Waals surface area contributed by atoms with Crippen molar-refractivity contribution < 1.29 is 24.2 Å². The number of carbonyl (C=O) groups excluding carboxylic acids is 1. The zero-order valence-corrected chi connectivity index (χ0v) is 10.6. The number of benzene rings is 1. The average molecular weight is 255 g/mol. The van der Waals surface area contributed by atoms with E-state index in [0.29, 0.717) is 11.4 Å². The highest BCUT2D eigenvalue weighted by molar-refractivity contribution is 5.93. The number of ether oxygens (including phenoxy) is 2. The van der Waals surface area contributed by atoms with Crippen LogP contribution < -0.4 is 15.2 Å². The molecule has 0 radical (unpaired) electrons. The Bertz CT molecular complexity index is 405. The summed E-state index contributed by atoms with van der Waals surface area (Å²) >= 11 is 0. The Morgan fingerprint density at radius 3 is 2.17 bits per heavy atom. The molecular formula is C12H17NO5. The van der Waals surface area contributed by atoms with Crippen molar-refractivity contribution in [1.29, 1.82) is 0 Å². The minimum Gasteiger partial charge on any atom is -0.497 e. The SMILES string of the molecule is CC(=O)CC(=O)O.COc1ccc(OC)c(N)c1. The highest BCUT2D eigenvalue weighted by Crippen LogP contribution is 2.25. The Hall–Kier alpha value is -2.24. The quantitative estimate of drug-likeness (QED) is 0.622. The summed E-state index contributed by atoms with van der Waals surface area (Å²) in [6.07, 6.45) is -0.361. The van der Waals surface area contributed by atoms with Gasteiger partial charge in [-0.2, -0.15) is 0 Å². The normalized spacial score (nSPS) is 8.83. The van der Waals surface area contributed by atoms with Gasteiger partial charge in [-0.05, 0) is 19.1 Å². The monoisotopic (exact) mass is 255 g/mol. The fraction of sp³-hybridized carbons (Fsp3) is 0.333. The largest absolute Gasteiger partial charge is 0.497 e. The predicted molar refractivity (Wildman–Crippen MR) is 66.9 cm³/mol. The molecule has 0 aromatic heterocycles. The fourth-order valence-electron chi connectivity index (χ4n) is 1.05. The lowest BCUT2D eigenvalue weighted by Gasteiger charge is -2.05. The lowest BCUT2D eigenvalue weighted by atomic mass is 10.3. The van der Waals surface area contributed by atoms with Gasteiger partial charge < -0.3 is 20.3 Å². The van der Waals surface area contributed by atoms with E-state index >= 15 is 0 Å². The Kier molecular flexibility index (Phi) is 6.95. The summed E-state index contributed by atoms with van der Waals surface area (Å²) in [5.41, 5.74) is 6.19. The van der Waals surface area contributed by atoms with Gasteiger partial charge in [-0.15, -0.1) is 0 Å². The average Bonchev–Trinajstić information content (AvgIpc) is 2.27. The molecule has 0 aliphatic heterocycles. The van der Waals surface area contributed by atoms with Crippen molar-refractivity contribution in [3.63, 3.8) is 0 Å². The van der Waals surface area contributed by atoms with Crippen molar-refractivity contribution in [3.05, 3.63) is 18.2 Å². The molecule has 18 heavy (non-hydrogen) atoms. The van der Waals surface area contributed by atoms with E-state index in [2.05, 4.69) is 0 Å². The second-order valence-electron chi connectivity index (χ2n) is 3.38. The number of rotatable bonds is 4. The van der Waals surface area contributed by atoms with Crippen LogP contribution in [0.3, 0.4) is 0 Å². The van der Waals surface area contributed by atoms with Crippen LogP contribution in [0.25, 0.3) is 0 Å². The first-order valence-electron chi connectivity index (χ1n) is 5.09. The van der Waals surface area contributed by atoms with Crippen LogP contribution in [0.15, 0.2) is 18.2 Å². The number of anilines is 1. The van der Waals surface area contributed by atoms with E-state index in [4.69, 9.17) is 20.3 Å². The first-order valence-corrected chi connectivity index (χ1v) is 5.09. The zero-order chi connectivity index (χ0) is 14.1. The lowest BCUT2D eigenvalue weighted by Crippen LogP contribution is -2.00. The summed E-state index contributed by atoms with van der Waals surface area (Å²) in [6, 6.07) is 5.29.